The third-order valence-corrected chi connectivity index (χ3v) is 4.29. The number of benzene rings is 1. The summed E-state index contributed by atoms with van der Waals surface area (Å²) in [6.45, 7) is 8.30. The summed E-state index contributed by atoms with van der Waals surface area (Å²) in [5.41, 5.74) is 8.82. The maximum Gasteiger partial charge on any atom is 0.0735 e. The first kappa shape index (κ1) is 19.6. The molecule has 0 N–H and O–H groups in total. The molecule has 0 aliphatic carbocycles. The molecule has 2 rings (SSSR count). The van der Waals surface area contributed by atoms with Crippen molar-refractivity contribution in [1.29, 1.82) is 0 Å². The van der Waals surface area contributed by atoms with E-state index < -0.39 is 0 Å². The summed E-state index contributed by atoms with van der Waals surface area (Å²) in [5, 5.41) is 0. The average Bonchev–Trinajstić information content (AvgIpc) is 2.61. The Bertz CT molecular complexity index is 871. The van der Waals surface area contributed by atoms with Crippen molar-refractivity contribution >= 4 is 11.3 Å². The number of pyridine rings is 1. The molecule has 2 aromatic rings. The molecule has 1 heterocycles. The summed E-state index contributed by atoms with van der Waals surface area (Å²) in [5.74, 6) is 0. The van der Waals surface area contributed by atoms with Crippen LogP contribution < -0.4 is 0 Å². The Morgan fingerprint density at radius 3 is 2.50 bits per heavy atom. The summed E-state index contributed by atoms with van der Waals surface area (Å²) in [7, 11) is 5.90. The van der Waals surface area contributed by atoms with Gasteiger partial charge in [0.2, 0.25) is 0 Å². The van der Waals surface area contributed by atoms with Gasteiger partial charge in [0.1, 0.15) is 0 Å². The van der Waals surface area contributed by atoms with Crippen LogP contribution in [0.4, 0.5) is 0 Å². The molecule has 0 saturated carbocycles. The van der Waals surface area contributed by atoms with Crippen LogP contribution in [-0.4, -0.2) is 36.7 Å². The van der Waals surface area contributed by atoms with Gasteiger partial charge in [-0.15, -0.1) is 0 Å². The molecule has 0 fully saturated rings. The van der Waals surface area contributed by atoms with E-state index in [1.807, 2.05) is 47.1 Å². The van der Waals surface area contributed by atoms with Crippen molar-refractivity contribution in [3.8, 4) is 11.3 Å². The van der Waals surface area contributed by atoms with Gasteiger partial charge in [0.15, 0.2) is 0 Å². The zero-order chi connectivity index (χ0) is 19.3. The lowest BCUT2D eigenvalue weighted by atomic mass is 9.98. The summed E-state index contributed by atoms with van der Waals surface area (Å²) in [4.78, 5) is 11.4. The maximum atomic E-state index is 4.91. The Morgan fingerprint density at radius 2 is 1.88 bits per heavy atom. The lowest BCUT2D eigenvalue weighted by Gasteiger charge is -2.13. The molecule has 0 atom stereocenters. The lowest BCUT2D eigenvalue weighted by molar-refractivity contribution is 0.565. The zero-order valence-electron chi connectivity index (χ0n) is 17.0. The van der Waals surface area contributed by atoms with E-state index in [0.717, 1.165) is 33.8 Å². The summed E-state index contributed by atoms with van der Waals surface area (Å²) in [6, 6.07) is 10.8. The van der Waals surface area contributed by atoms with E-state index in [1.165, 1.54) is 11.1 Å². The molecule has 1 aromatic heterocycles. The van der Waals surface area contributed by atoms with Crippen molar-refractivity contribution in [3.63, 3.8) is 0 Å². The van der Waals surface area contributed by atoms with Crippen LogP contribution in [0.2, 0.25) is 0 Å². The van der Waals surface area contributed by atoms with Crippen molar-refractivity contribution in [2.24, 2.45) is 4.99 Å². The van der Waals surface area contributed by atoms with Crippen LogP contribution in [0.3, 0.4) is 0 Å². The van der Waals surface area contributed by atoms with E-state index in [0.29, 0.717) is 0 Å². The number of rotatable bonds is 5. The third-order valence-electron chi connectivity index (χ3n) is 4.29. The highest BCUT2D eigenvalue weighted by Crippen LogP contribution is 2.27. The predicted molar refractivity (Wildman–Crippen MR) is 114 cm³/mol. The smallest absolute Gasteiger partial charge is 0.0735 e. The number of hydrogen-bond acceptors (Lipinski definition) is 3. The fourth-order valence-electron chi connectivity index (χ4n) is 3.07. The van der Waals surface area contributed by atoms with Crippen molar-refractivity contribution < 1.29 is 0 Å². The molecule has 0 aliphatic heterocycles. The first-order valence-electron chi connectivity index (χ1n) is 8.91. The standard InChI is InChI=1S/C23H29N3/c1-8-10-22(24-5)21-13-16(2)23(25-18(21)4)20-12-9-11-19(14-20)17(3)15-26(6)7/h8-15H,1-7H3/b10-8-,17-15+,24-22?. The summed E-state index contributed by atoms with van der Waals surface area (Å²) < 4.78 is 0. The van der Waals surface area contributed by atoms with E-state index in [4.69, 9.17) is 4.98 Å². The van der Waals surface area contributed by atoms with Crippen LogP contribution in [0.1, 0.15) is 36.2 Å². The molecule has 0 spiro atoms. The van der Waals surface area contributed by atoms with Crippen LogP contribution in [0.15, 0.2) is 53.7 Å². The normalized spacial score (nSPS) is 12.7. The SMILES string of the molecule is C/C=C\C(=NC)c1cc(C)c(-c2cccc(/C(C)=C/N(C)C)c2)nc1C. The van der Waals surface area contributed by atoms with Crippen LogP contribution in [0.25, 0.3) is 16.8 Å². The molecule has 3 heteroatoms. The first-order valence-corrected chi connectivity index (χ1v) is 8.91. The van der Waals surface area contributed by atoms with E-state index in [9.17, 15) is 0 Å². The monoisotopic (exact) mass is 347 g/mol. The van der Waals surface area contributed by atoms with E-state index >= 15 is 0 Å². The fraction of sp³-hybridized carbons (Fsp3) is 0.304. The number of nitrogens with zero attached hydrogens (tertiary/aromatic N) is 3. The third kappa shape index (κ3) is 4.48. The van der Waals surface area contributed by atoms with Gasteiger partial charge in [0, 0.05) is 44.2 Å². The summed E-state index contributed by atoms with van der Waals surface area (Å²) >= 11 is 0. The predicted octanol–water partition coefficient (Wildman–Crippen LogP) is 5.28. The molecule has 0 aliphatic rings. The molecular formula is C23H29N3. The van der Waals surface area contributed by atoms with Gasteiger partial charge >= 0.3 is 0 Å². The number of hydrogen-bond donors (Lipinski definition) is 0. The Kier molecular flexibility index (Phi) is 6.51. The topological polar surface area (TPSA) is 28.5 Å². The van der Waals surface area contributed by atoms with Crippen molar-refractivity contribution in [3.05, 3.63) is 71.1 Å². The van der Waals surface area contributed by atoms with Crippen molar-refractivity contribution in [1.82, 2.24) is 9.88 Å². The molecule has 26 heavy (non-hydrogen) atoms. The highest BCUT2D eigenvalue weighted by Gasteiger charge is 2.12. The number of aryl methyl sites for hydroxylation is 2. The average molecular weight is 348 g/mol. The Labute approximate surface area is 157 Å². The number of aromatic nitrogens is 1. The highest BCUT2D eigenvalue weighted by molar-refractivity contribution is 6.09. The van der Waals surface area contributed by atoms with Gasteiger partial charge < -0.3 is 4.90 Å². The van der Waals surface area contributed by atoms with Gasteiger partial charge in [-0.25, -0.2) is 0 Å². The minimum Gasteiger partial charge on any atom is -0.383 e. The zero-order valence-corrected chi connectivity index (χ0v) is 17.0. The Balaban J connectivity index is 2.52. The lowest BCUT2D eigenvalue weighted by Crippen LogP contribution is -2.05. The second-order valence-corrected chi connectivity index (χ2v) is 6.75. The largest absolute Gasteiger partial charge is 0.383 e. The molecule has 0 bridgehead atoms. The maximum absolute atomic E-state index is 4.91. The van der Waals surface area contributed by atoms with Gasteiger partial charge in [0.05, 0.1) is 11.4 Å². The molecule has 0 radical (unpaired) electrons. The van der Waals surface area contributed by atoms with Crippen molar-refractivity contribution in [2.75, 3.05) is 21.1 Å². The molecule has 0 saturated heterocycles. The minimum absolute atomic E-state index is 0.964. The molecule has 1 aromatic carbocycles. The van der Waals surface area contributed by atoms with Crippen LogP contribution in [0.5, 0.6) is 0 Å². The Hall–Kier alpha value is -2.68. The van der Waals surface area contributed by atoms with E-state index in [-0.39, 0.29) is 0 Å². The number of aliphatic imine (C=N–C) groups is 1. The fourth-order valence-corrected chi connectivity index (χ4v) is 3.07. The highest BCUT2D eigenvalue weighted by atomic mass is 15.0. The van der Waals surface area contributed by atoms with Crippen LogP contribution in [0, 0.1) is 13.8 Å². The van der Waals surface area contributed by atoms with Crippen molar-refractivity contribution in [2.45, 2.75) is 27.7 Å². The Morgan fingerprint density at radius 1 is 1.15 bits per heavy atom. The molecular weight excluding hydrogens is 318 g/mol. The van der Waals surface area contributed by atoms with Gasteiger partial charge in [-0.05, 0) is 62.6 Å². The number of allylic oxidation sites excluding steroid dienone is 3. The summed E-state index contributed by atoms with van der Waals surface area (Å²) in [6.07, 6.45) is 6.17. The van der Waals surface area contributed by atoms with Crippen LogP contribution >= 0.6 is 0 Å². The minimum atomic E-state index is 0.964. The molecule has 136 valence electrons. The van der Waals surface area contributed by atoms with Gasteiger partial charge in [0.25, 0.3) is 0 Å². The quantitative estimate of drug-likeness (QED) is 0.688. The van der Waals surface area contributed by atoms with Gasteiger partial charge in [-0.2, -0.15) is 0 Å². The van der Waals surface area contributed by atoms with Crippen LogP contribution in [-0.2, 0) is 0 Å². The van der Waals surface area contributed by atoms with Gasteiger partial charge in [-0.3, -0.25) is 9.98 Å². The molecule has 0 unspecified atom stereocenters. The van der Waals surface area contributed by atoms with E-state index in [2.05, 4.69) is 60.3 Å². The molecule has 0 amide bonds. The van der Waals surface area contributed by atoms with E-state index in [1.54, 1.807) is 0 Å². The second-order valence-electron chi connectivity index (χ2n) is 6.75. The molecule has 3 nitrogen and oxygen atoms in total. The van der Waals surface area contributed by atoms with Gasteiger partial charge in [-0.1, -0.05) is 24.3 Å². The first-order chi connectivity index (χ1) is 12.4. The second kappa shape index (κ2) is 8.61.